The van der Waals surface area contributed by atoms with Gasteiger partial charge in [0.15, 0.2) is 5.96 Å². The molecule has 7 nitrogen and oxygen atoms in total. The number of hydrogen-bond acceptors (Lipinski definition) is 5. The van der Waals surface area contributed by atoms with Crippen LogP contribution in [-0.4, -0.2) is 49.5 Å². The fourth-order valence-corrected chi connectivity index (χ4v) is 2.30. The van der Waals surface area contributed by atoms with Crippen LogP contribution < -0.4 is 10.6 Å². The molecule has 0 saturated heterocycles. The summed E-state index contributed by atoms with van der Waals surface area (Å²) in [5.41, 5.74) is 0.830. The number of nitrogens with one attached hydrogen (secondary N) is 2. The summed E-state index contributed by atoms with van der Waals surface area (Å²) in [4.78, 5) is 8.54. The lowest BCUT2D eigenvalue weighted by Crippen LogP contribution is -2.44. The predicted octanol–water partition coefficient (Wildman–Crippen LogP) is 2.13. The standard InChI is InChI=1S/C16H22ClN5O2/c1-11(10-23-3)20-16(18-2)19-8-7-14-21-15(22-24-14)12-5-4-6-13(17)9-12/h4-6,9,11H,7-8,10H2,1-3H3,(H2,18,19,20). The van der Waals surface area contributed by atoms with E-state index in [0.717, 1.165) is 5.56 Å². The molecule has 0 spiro atoms. The van der Waals surface area contributed by atoms with Crippen molar-refractivity contribution >= 4 is 17.6 Å². The van der Waals surface area contributed by atoms with Gasteiger partial charge in [0.05, 0.1) is 6.61 Å². The Hall–Kier alpha value is -2.12. The monoisotopic (exact) mass is 351 g/mol. The molecule has 1 aromatic heterocycles. The van der Waals surface area contributed by atoms with E-state index in [4.69, 9.17) is 20.9 Å². The third kappa shape index (κ3) is 5.50. The van der Waals surface area contributed by atoms with Crippen LogP contribution >= 0.6 is 11.6 Å². The molecule has 0 aliphatic heterocycles. The van der Waals surface area contributed by atoms with Gasteiger partial charge in [0.25, 0.3) is 0 Å². The fourth-order valence-electron chi connectivity index (χ4n) is 2.11. The lowest BCUT2D eigenvalue weighted by molar-refractivity contribution is 0.179. The van der Waals surface area contributed by atoms with E-state index in [1.165, 1.54) is 0 Å². The second-order valence-electron chi connectivity index (χ2n) is 5.27. The molecule has 8 heteroatoms. The van der Waals surface area contributed by atoms with Crippen molar-refractivity contribution in [1.29, 1.82) is 0 Å². The van der Waals surface area contributed by atoms with Gasteiger partial charge >= 0.3 is 0 Å². The number of guanidine groups is 1. The average molecular weight is 352 g/mol. The molecular formula is C16H22ClN5O2. The Morgan fingerprint density at radius 3 is 3.00 bits per heavy atom. The van der Waals surface area contributed by atoms with Gasteiger partial charge in [-0.2, -0.15) is 4.98 Å². The highest BCUT2D eigenvalue weighted by Crippen LogP contribution is 2.19. The molecule has 24 heavy (non-hydrogen) atoms. The van der Waals surface area contributed by atoms with Crippen LogP contribution in [0, 0.1) is 0 Å². The Morgan fingerprint density at radius 1 is 1.46 bits per heavy atom. The predicted molar refractivity (Wildman–Crippen MR) is 94.3 cm³/mol. The van der Waals surface area contributed by atoms with E-state index in [-0.39, 0.29) is 6.04 Å². The summed E-state index contributed by atoms with van der Waals surface area (Å²) in [6, 6.07) is 7.52. The van der Waals surface area contributed by atoms with E-state index in [2.05, 4.69) is 25.8 Å². The smallest absolute Gasteiger partial charge is 0.228 e. The largest absolute Gasteiger partial charge is 0.383 e. The van der Waals surface area contributed by atoms with Gasteiger partial charge in [0.2, 0.25) is 11.7 Å². The number of methoxy groups -OCH3 is 1. The highest BCUT2D eigenvalue weighted by Gasteiger charge is 2.10. The maximum absolute atomic E-state index is 5.97. The molecule has 1 unspecified atom stereocenters. The van der Waals surface area contributed by atoms with Crippen molar-refractivity contribution in [3.63, 3.8) is 0 Å². The lowest BCUT2D eigenvalue weighted by atomic mass is 10.2. The molecule has 1 aromatic carbocycles. The average Bonchev–Trinajstić information content (AvgIpc) is 3.03. The zero-order valence-electron chi connectivity index (χ0n) is 14.0. The normalized spacial score (nSPS) is 12.9. The molecule has 0 amide bonds. The number of nitrogens with zero attached hydrogens (tertiary/aromatic N) is 3. The zero-order valence-corrected chi connectivity index (χ0v) is 14.8. The van der Waals surface area contributed by atoms with Crippen molar-refractivity contribution in [1.82, 2.24) is 20.8 Å². The van der Waals surface area contributed by atoms with Crippen LogP contribution in [0.1, 0.15) is 12.8 Å². The number of benzene rings is 1. The first-order chi connectivity index (χ1) is 11.6. The number of halogens is 1. The van der Waals surface area contributed by atoms with E-state index in [0.29, 0.717) is 42.3 Å². The summed E-state index contributed by atoms with van der Waals surface area (Å²) in [5.74, 6) is 1.79. The molecule has 0 aliphatic rings. The Balaban J connectivity index is 1.85. The summed E-state index contributed by atoms with van der Waals surface area (Å²) >= 11 is 5.97. The van der Waals surface area contributed by atoms with Crippen LogP contribution in [0.4, 0.5) is 0 Å². The van der Waals surface area contributed by atoms with E-state index < -0.39 is 0 Å². The highest BCUT2D eigenvalue weighted by atomic mass is 35.5. The van der Waals surface area contributed by atoms with Crippen LogP contribution in [-0.2, 0) is 11.2 Å². The molecule has 1 atom stereocenters. The molecule has 1 heterocycles. The van der Waals surface area contributed by atoms with Crippen molar-refractivity contribution in [3.05, 3.63) is 35.2 Å². The lowest BCUT2D eigenvalue weighted by Gasteiger charge is -2.16. The van der Waals surface area contributed by atoms with Crippen LogP contribution in [0.15, 0.2) is 33.8 Å². The van der Waals surface area contributed by atoms with Gasteiger partial charge in [-0.1, -0.05) is 28.9 Å². The maximum Gasteiger partial charge on any atom is 0.228 e. The van der Waals surface area contributed by atoms with E-state index in [1.807, 2.05) is 19.1 Å². The first kappa shape index (κ1) is 18.2. The molecule has 2 rings (SSSR count). The molecule has 2 aromatic rings. The van der Waals surface area contributed by atoms with E-state index >= 15 is 0 Å². The minimum Gasteiger partial charge on any atom is -0.383 e. The van der Waals surface area contributed by atoms with Crippen molar-refractivity contribution in [2.24, 2.45) is 4.99 Å². The number of ether oxygens (including phenoxy) is 1. The summed E-state index contributed by atoms with van der Waals surface area (Å²) in [6.07, 6.45) is 0.590. The van der Waals surface area contributed by atoms with Gasteiger partial charge in [0, 0.05) is 43.8 Å². The minimum atomic E-state index is 0.166. The van der Waals surface area contributed by atoms with Crippen LogP contribution in [0.3, 0.4) is 0 Å². The molecule has 0 saturated carbocycles. The Bertz CT molecular complexity index is 674. The quantitative estimate of drug-likeness (QED) is 0.587. The Labute approximate surface area is 146 Å². The summed E-state index contributed by atoms with van der Waals surface area (Å²) in [6.45, 7) is 3.25. The first-order valence-electron chi connectivity index (χ1n) is 7.67. The van der Waals surface area contributed by atoms with Crippen molar-refractivity contribution < 1.29 is 9.26 Å². The Morgan fingerprint density at radius 2 is 2.29 bits per heavy atom. The summed E-state index contributed by atoms with van der Waals surface area (Å²) < 4.78 is 10.4. The van der Waals surface area contributed by atoms with Gasteiger partial charge in [0.1, 0.15) is 0 Å². The molecule has 0 radical (unpaired) electrons. The Kier molecular flexibility index (Phi) is 7.02. The number of aromatic nitrogens is 2. The fraction of sp³-hybridized carbons (Fsp3) is 0.438. The SMILES string of the molecule is CN=C(NCCc1nc(-c2cccc(Cl)c2)no1)NC(C)COC. The number of rotatable bonds is 7. The van der Waals surface area contributed by atoms with Crippen LogP contribution in [0.25, 0.3) is 11.4 Å². The van der Waals surface area contributed by atoms with Crippen LogP contribution in [0.5, 0.6) is 0 Å². The van der Waals surface area contributed by atoms with Crippen molar-refractivity contribution in [2.75, 3.05) is 27.3 Å². The summed E-state index contributed by atoms with van der Waals surface area (Å²) in [7, 11) is 3.39. The second kappa shape index (κ2) is 9.24. The minimum absolute atomic E-state index is 0.166. The van der Waals surface area contributed by atoms with E-state index in [1.54, 1.807) is 26.3 Å². The molecule has 2 N–H and O–H groups in total. The highest BCUT2D eigenvalue weighted by molar-refractivity contribution is 6.30. The van der Waals surface area contributed by atoms with Crippen molar-refractivity contribution in [2.45, 2.75) is 19.4 Å². The third-order valence-corrected chi connectivity index (χ3v) is 3.44. The first-order valence-corrected chi connectivity index (χ1v) is 8.04. The molecular weight excluding hydrogens is 330 g/mol. The van der Waals surface area contributed by atoms with Gasteiger partial charge in [-0.25, -0.2) is 0 Å². The molecule has 0 aliphatic carbocycles. The molecule has 130 valence electrons. The van der Waals surface area contributed by atoms with Crippen molar-refractivity contribution in [3.8, 4) is 11.4 Å². The molecule has 0 bridgehead atoms. The maximum atomic E-state index is 5.97. The topological polar surface area (TPSA) is 84.6 Å². The van der Waals surface area contributed by atoms with Gasteiger partial charge in [-0.15, -0.1) is 0 Å². The zero-order chi connectivity index (χ0) is 17.4. The van der Waals surface area contributed by atoms with Gasteiger partial charge < -0.3 is 19.9 Å². The van der Waals surface area contributed by atoms with Gasteiger partial charge in [-0.3, -0.25) is 4.99 Å². The third-order valence-electron chi connectivity index (χ3n) is 3.21. The molecule has 0 fully saturated rings. The summed E-state index contributed by atoms with van der Waals surface area (Å²) in [5, 5.41) is 11.0. The number of aliphatic imine (C=N–C) groups is 1. The number of hydrogen-bond donors (Lipinski definition) is 2. The van der Waals surface area contributed by atoms with Gasteiger partial charge in [-0.05, 0) is 19.1 Å². The second-order valence-corrected chi connectivity index (χ2v) is 5.71. The van der Waals surface area contributed by atoms with E-state index in [9.17, 15) is 0 Å². The van der Waals surface area contributed by atoms with Crippen LogP contribution in [0.2, 0.25) is 5.02 Å².